The average Bonchev–Trinajstić information content (AvgIpc) is 2.50. The van der Waals surface area contributed by atoms with Gasteiger partial charge in [0.05, 0.1) is 27.8 Å². The van der Waals surface area contributed by atoms with E-state index in [4.69, 9.17) is 14.2 Å². The van der Waals surface area contributed by atoms with Crippen molar-refractivity contribution in [2.75, 3.05) is 27.9 Å². The smallest absolute Gasteiger partial charge is 0.307 e. The number of carbonyl (C=O) groups excluding carboxylic acids is 1. The summed E-state index contributed by atoms with van der Waals surface area (Å²) < 4.78 is 15.3. The highest BCUT2D eigenvalue weighted by atomic mass is 16.5. The van der Waals surface area contributed by atoms with Gasteiger partial charge in [0.15, 0.2) is 0 Å². The molecule has 0 saturated heterocycles. The first-order valence-corrected chi connectivity index (χ1v) is 6.68. The third kappa shape index (κ3) is 4.42. The Morgan fingerprint density at radius 2 is 2.00 bits per heavy atom. The topological polar surface area (TPSA) is 56.8 Å². The number of methoxy groups -OCH3 is 3. The van der Waals surface area contributed by atoms with Gasteiger partial charge in [-0.25, -0.2) is 0 Å². The summed E-state index contributed by atoms with van der Waals surface area (Å²) in [6, 6.07) is 5.44. The first-order valence-electron chi connectivity index (χ1n) is 6.68. The molecule has 20 heavy (non-hydrogen) atoms. The van der Waals surface area contributed by atoms with Crippen LogP contribution in [0.2, 0.25) is 0 Å². The molecule has 1 N–H and O–H groups in total. The SMILES string of the molecule is CCCNC(CC(=O)OC)c1ccc(OC)cc1OC. The lowest BCUT2D eigenvalue weighted by atomic mass is 10.0. The molecule has 0 aliphatic heterocycles. The zero-order valence-electron chi connectivity index (χ0n) is 12.6. The van der Waals surface area contributed by atoms with Gasteiger partial charge >= 0.3 is 5.97 Å². The van der Waals surface area contributed by atoms with Crippen LogP contribution in [0.4, 0.5) is 0 Å². The molecule has 5 heteroatoms. The number of hydrogen-bond donors (Lipinski definition) is 1. The molecule has 112 valence electrons. The highest BCUT2D eigenvalue weighted by Crippen LogP contribution is 2.31. The molecule has 0 bridgehead atoms. The largest absolute Gasteiger partial charge is 0.497 e. The molecule has 5 nitrogen and oxygen atoms in total. The highest BCUT2D eigenvalue weighted by molar-refractivity contribution is 5.70. The molecule has 0 fully saturated rings. The highest BCUT2D eigenvalue weighted by Gasteiger charge is 2.20. The fourth-order valence-electron chi connectivity index (χ4n) is 1.97. The van der Waals surface area contributed by atoms with Crippen molar-refractivity contribution in [3.05, 3.63) is 23.8 Å². The van der Waals surface area contributed by atoms with Crippen molar-refractivity contribution in [3.63, 3.8) is 0 Å². The van der Waals surface area contributed by atoms with E-state index in [1.54, 1.807) is 14.2 Å². The molecule has 1 atom stereocenters. The van der Waals surface area contributed by atoms with Crippen molar-refractivity contribution in [2.45, 2.75) is 25.8 Å². The van der Waals surface area contributed by atoms with Crippen LogP contribution in [0.15, 0.2) is 18.2 Å². The van der Waals surface area contributed by atoms with Crippen LogP contribution in [-0.2, 0) is 9.53 Å². The summed E-state index contributed by atoms with van der Waals surface area (Å²) in [5.41, 5.74) is 0.923. The van der Waals surface area contributed by atoms with E-state index in [-0.39, 0.29) is 18.4 Å². The van der Waals surface area contributed by atoms with E-state index in [1.807, 2.05) is 18.2 Å². The number of hydrogen-bond acceptors (Lipinski definition) is 5. The summed E-state index contributed by atoms with van der Waals surface area (Å²) in [5, 5.41) is 3.34. The fourth-order valence-corrected chi connectivity index (χ4v) is 1.97. The second kappa shape index (κ2) is 8.43. The standard InChI is InChI=1S/C15H23NO4/c1-5-8-16-13(10-15(17)20-4)12-7-6-11(18-2)9-14(12)19-3/h6-7,9,13,16H,5,8,10H2,1-4H3. The monoisotopic (exact) mass is 281 g/mol. The third-order valence-electron chi connectivity index (χ3n) is 3.06. The van der Waals surface area contributed by atoms with Crippen molar-refractivity contribution in [1.29, 1.82) is 0 Å². The number of carbonyl (C=O) groups is 1. The predicted octanol–water partition coefficient (Wildman–Crippen LogP) is 2.31. The van der Waals surface area contributed by atoms with E-state index in [2.05, 4.69) is 12.2 Å². The zero-order chi connectivity index (χ0) is 15.0. The average molecular weight is 281 g/mol. The molecule has 1 aromatic rings. The number of rotatable bonds is 8. The Hall–Kier alpha value is -1.75. The van der Waals surface area contributed by atoms with Crippen LogP contribution in [0.25, 0.3) is 0 Å². The molecule has 1 unspecified atom stereocenters. The summed E-state index contributed by atoms with van der Waals surface area (Å²) in [6.07, 6.45) is 1.25. The normalized spacial score (nSPS) is 11.8. The van der Waals surface area contributed by atoms with E-state index in [1.165, 1.54) is 7.11 Å². The van der Waals surface area contributed by atoms with Crippen LogP contribution in [0.1, 0.15) is 31.4 Å². The number of ether oxygens (including phenoxy) is 3. The Morgan fingerprint density at radius 1 is 1.25 bits per heavy atom. The molecular formula is C15H23NO4. The van der Waals surface area contributed by atoms with Gasteiger partial charge in [-0.05, 0) is 19.0 Å². The summed E-state index contributed by atoms with van der Waals surface area (Å²) >= 11 is 0. The van der Waals surface area contributed by atoms with E-state index >= 15 is 0 Å². The number of nitrogens with one attached hydrogen (secondary N) is 1. The lowest BCUT2D eigenvalue weighted by molar-refractivity contribution is -0.141. The molecule has 1 aromatic carbocycles. The van der Waals surface area contributed by atoms with Gasteiger partial charge in [-0.15, -0.1) is 0 Å². The second-order valence-corrected chi connectivity index (χ2v) is 4.39. The molecule has 1 rings (SSSR count). The van der Waals surface area contributed by atoms with Crippen LogP contribution in [0, 0.1) is 0 Å². The van der Waals surface area contributed by atoms with Crippen molar-refractivity contribution in [2.24, 2.45) is 0 Å². The molecular weight excluding hydrogens is 258 g/mol. The van der Waals surface area contributed by atoms with Crippen molar-refractivity contribution < 1.29 is 19.0 Å². The maximum Gasteiger partial charge on any atom is 0.307 e. The molecule has 0 saturated carbocycles. The van der Waals surface area contributed by atoms with E-state index in [9.17, 15) is 4.79 Å². The fraction of sp³-hybridized carbons (Fsp3) is 0.533. The van der Waals surface area contributed by atoms with Gasteiger partial charge in [-0.1, -0.05) is 13.0 Å². The second-order valence-electron chi connectivity index (χ2n) is 4.39. The quantitative estimate of drug-likeness (QED) is 0.741. The first-order chi connectivity index (χ1) is 9.65. The van der Waals surface area contributed by atoms with Gasteiger partial charge in [0.25, 0.3) is 0 Å². The van der Waals surface area contributed by atoms with Crippen molar-refractivity contribution in [3.8, 4) is 11.5 Å². The maximum atomic E-state index is 11.6. The van der Waals surface area contributed by atoms with Gasteiger partial charge in [0.2, 0.25) is 0 Å². The number of benzene rings is 1. The van der Waals surface area contributed by atoms with Gasteiger partial charge in [-0.2, -0.15) is 0 Å². The Kier molecular flexibility index (Phi) is 6.87. The molecule has 0 aliphatic rings. The summed E-state index contributed by atoms with van der Waals surface area (Å²) in [6.45, 7) is 2.89. The number of esters is 1. The molecule has 0 aromatic heterocycles. The van der Waals surface area contributed by atoms with Crippen LogP contribution in [-0.4, -0.2) is 33.8 Å². The van der Waals surface area contributed by atoms with Crippen LogP contribution < -0.4 is 14.8 Å². The minimum Gasteiger partial charge on any atom is -0.497 e. The molecule has 0 radical (unpaired) electrons. The summed E-state index contributed by atoms with van der Waals surface area (Å²) in [4.78, 5) is 11.6. The Balaban J connectivity index is 3.01. The van der Waals surface area contributed by atoms with Crippen LogP contribution >= 0.6 is 0 Å². The lowest BCUT2D eigenvalue weighted by Crippen LogP contribution is -2.25. The Morgan fingerprint density at radius 3 is 2.55 bits per heavy atom. The third-order valence-corrected chi connectivity index (χ3v) is 3.06. The Labute approximate surface area is 120 Å². The minimum atomic E-state index is -0.253. The van der Waals surface area contributed by atoms with E-state index < -0.39 is 0 Å². The van der Waals surface area contributed by atoms with Gasteiger partial charge in [-0.3, -0.25) is 4.79 Å². The van der Waals surface area contributed by atoms with Gasteiger partial charge in [0, 0.05) is 17.7 Å². The first kappa shape index (κ1) is 16.3. The molecule has 0 aliphatic carbocycles. The Bertz CT molecular complexity index is 434. The van der Waals surface area contributed by atoms with Crippen molar-refractivity contribution in [1.82, 2.24) is 5.32 Å². The molecule has 0 heterocycles. The van der Waals surface area contributed by atoms with Gasteiger partial charge in [0.1, 0.15) is 11.5 Å². The predicted molar refractivity (Wildman–Crippen MR) is 77.2 cm³/mol. The van der Waals surface area contributed by atoms with E-state index in [0.29, 0.717) is 5.75 Å². The maximum absolute atomic E-state index is 11.6. The lowest BCUT2D eigenvalue weighted by Gasteiger charge is -2.20. The van der Waals surface area contributed by atoms with Crippen LogP contribution in [0.3, 0.4) is 0 Å². The van der Waals surface area contributed by atoms with Crippen LogP contribution in [0.5, 0.6) is 11.5 Å². The summed E-state index contributed by atoms with van der Waals surface area (Å²) in [5.74, 6) is 1.16. The van der Waals surface area contributed by atoms with E-state index in [0.717, 1.165) is 24.3 Å². The van der Waals surface area contributed by atoms with Crippen molar-refractivity contribution >= 4 is 5.97 Å². The zero-order valence-corrected chi connectivity index (χ0v) is 12.6. The van der Waals surface area contributed by atoms with Gasteiger partial charge < -0.3 is 19.5 Å². The molecule has 0 spiro atoms. The molecule has 0 amide bonds. The minimum absolute atomic E-state index is 0.136. The summed E-state index contributed by atoms with van der Waals surface area (Å²) in [7, 11) is 4.60.